The van der Waals surface area contributed by atoms with E-state index < -0.39 is 7.60 Å². The molecule has 0 aliphatic carbocycles. The molecule has 7 heteroatoms. The second-order valence-electron chi connectivity index (χ2n) is 6.26. The normalized spacial score (nSPS) is 12.1. The van der Waals surface area contributed by atoms with E-state index in [0.29, 0.717) is 5.44 Å². The van der Waals surface area contributed by atoms with Crippen molar-refractivity contribution in [3.63, 3.8) is 0 Å². The first-order valence-corrected chi connectivity index (χ1v) is 11.5. The first kappa shape index (κ1) is 19.3. The van der Waals surface area contributed by atoms with E-state index in [1.807, 2.05) is 54.6 Å². The predicted octanol–water partition coefficient (Wildman–Crippen LogP) is 6.04. The van der Waals surface area contributed by atoms with Gasteiger partial charge in [-0.25, -0.2) is 4.98 Å². The Bertz CT molecular complexity index is 1180. The maximum absolute atomic E-state index is 13.4. The first-order chi connectivity index (χ1) is 13.6. The first-order valence-electron chi connectivity index (χ1n) is 9.13. The van der Waals surface area contributed by atoms with Gasteiger partial charge in [-0.3, -0.25) is 4.57 Å². The lowest BCUT2D eigenvalue weighted by Gasteiger charge is -2.17. The maximum Gasteiger partial charge on any atom is 0.379 e. The van der Waals surface area contributed by atoms with Crippen LogP contribution in [-0.4, -0.2) is 23.2 Å². The molecule has 4 aromatic rings. The predicted molar refractivity (Wildman–Crippen MR) is 117 cm³/mol. The van der Waals surface area contributed by atoms with Crippen molar-refractivity contribution in [3.8, 4) is 11.3 Å². The van der Waals surface area contributed by atoms with Gasteiger partial charge in [0.05, 0.1) is 24.4 Å². The number of hydrogen-bond donors (Lipinski definition) is 1. The van der Waals surface area contributed by atoms with Crippen molar-refractivity contribution in [1.29, 1.82) is 0 Å². The fourth-order valence-electron chi connectivity index (χ4n) is 3.30. The van der Waals surface area contributed by atoms with Crippen molar-refractivity contribution in [2.45, 2.75) is 13.8 Å². The van der Waals surface area contributed by atoms with Crippen molar-refractivity contribution in [3.05, 3.63) is 59.1 Å². The highest BCUT2D eigenvalue weighted by Crippen LogP contribution is 2.47. The largest absolute Gasteiger partial charge is 0.379 e. The Morgan fingerprint density at radius 1 is 1.00 bits per heavy atom. The van der Waals surface area contributed by atoms with Gasteiger partial charge >= 0.3 is 7.60 Å². The number of nitrogens with one attached hydrogen (secondary N) is 1. The van der Waals surface area contributed by atoms with Crippen LogP contribution in [-0.2, 0) is 13.6 Å². The third-order valence-corrected chi connectivity index (χ3v) is 6.99. The summed E-state index contributed by atoms with van der Waals surface area (Å²) in [6.45, 7) is 4.15. The minimum Gasteiger partial charge on any atom is -0.353 e. The van der Waals surface area contributed by atoms with Gasteiger partial charge in [-0.2, -0.15) is 0 Å². The fraction of sp³-hybridized carbons (Fsp3) is 0.190. The summed E-state index contributed by atoms with van der Waals surface area (Å²) >= 11 is 3.47. The summed E-state index contributed by atoms with van der Waals surface area (Å²) in [5.41, 5.74) is 3.85. The maximum atomic E-state index is 13.4. The number of nitrogens with zero attached hydrogens (tertiary/aromatic N) is 1. The van der Waals surface area contributed by atoms with Crippen molar-refractivity contribution in [2.24, 2.45) is 0 Å². The SMILES string of the molecule is CCOP(=O)(OCC)c1cc2c([nH]c3ccccc32)c(-c2ccc(Br)cc2)n1. The molecule has 0 atom stereocenters. The van der Waals surface area contributed by atoms with Crippen LogP contribution in [0.15, 0.2) is 59.1 Å². The van der Waals surface area contributed by atoms with E-state index in [0.717, 1.165) is 37.5 Å². The molecule has 0 aliphatic rings. The van der Waals surface area contributed by atoms with Crippen LogP contribution in [0.1, 0.15) is 13.8 Å². The highest BCUT2D eigenvalue weighted by atomic mass is 79.9. The molecule has 0 saturated heterocycles. The molecule has 2 aromatic heterocycles. The zero-order valence-electron chi connectivity index (χ0n) is 15.6. The van der Waals surface area contributed by atoms with Crippen LogP contribution < -0.4 is 5.44 Å². The van der Waals surface area contributed by atoms with Gasteiger partial charge in [0.2, 0.25) is 0 Å². The van der Waals surface area contributed by atoms with Gasteiger partial charge in [-0.1, -0.05) is 46.3 Å². The highest BCUT2D eigenvalue weighted by Gasteiger charge is 2.30. The summed E-state index contributed by atoms with van der Waals surface area (Å²) in [5.74, 6) is 0. The lowest BCUT2D eigenvalue weighted by atomic mass is 10.1. The number of rotatable bonds is 6. The number of hydrogen-bond acceptors (Lipinski definition) is 4. The van der Waals surface area contributed by atoms with E-state index in [4.69, 9.17) is 14.0 Å². The molecule has 0 unspecified atom stereocenters. The third-order valence-electron chi connectivity index (χ3n) is 4.48. The minimum atomic E-state index is -3.52. The molecule has 4 rings (SSSR count). The van der Waals surface area contributed by atoms with Crippen molar-refractivity contribution in [2.75, 3.05) is 13.2 Å². The number of fused-ring (bicyclic) bond motifs is 3. The summed E-state index contributed by atoms with van der Waals surface area (Å²) in [6.07, 6.45) is 0. The Morgan fingerprint density at radius 2 is 1.68 bits per heavy atom. The summed E-state index contributed by atoms with van der Waals surface area (Å²) < 4.78 is 25.5. The van der Waals surface area contributed by atoms with Gasteiger partial charge < -0.3 is 14.0 Å². The number of para-hydroxylation sites is 1. The molecule has 0 spiro atoms. The molecule has 144 valence electrons. The second-order valence-corrected chi connectivity index (χ2v) is 9.15. The molecule has 2 aromatic carbocycles. The summed E-state index contributed by atoms with van der Waals surface area (Å²) in [6, 6.07) is 17.7. The third kappa shape index (κ3) is 3.42. The Hall–Kier alpha value is -1.98. The van der Waals surface area contributed by atoms with Crippen molar-refractivity contribution >= 4 is 50.8 Å². The average Bonchev–Trinajstić information content (AvgIpc) is 3.07. The van der Waals surface area contributed by atoms with Crippen LogP contribution in [0.5, 0.6) is 0 Å². The van der Waals surface area contributed by atoms with Gasteiger partial charge in [0, 0.05) is 26.3 Å². The zero-order valence-corrected chi connectivity index (χ0v) is 18.1. The van der Waals surface area contributed by atoms with Crippen LogP contribution in [0.2, 0.25) is 0 Å². The standard InChI is InChI=1S/C21H20BrN2O3P/c1-3-26-28(25,27-4-2)19-13-17-16-7-5-6-8-18(16)23-21(17)20(24-19)14-9-11-15(22)12-10-14/h5-13,23H,3-4H2,1-2H3. The number of benzene rings is 2. The Balaban J connectivity index is 2.05. The monoisotopic (exact) mass is 458 g/mol. The van der Waals surface area contributed by atoms with Crippen LogP contribution in [0.4, 0.5) is 0 Å². The minimum absolute atomic E-state index is 0.276. The van der Waals surface area contributed by atoms with Gasteiger partial charge in [0.25, 0.3) is 0 Å². The van der Waals surface area contributed by atoms with Gasteiger partial charge in [0.1, 0.15) is 0 Å². The lowest BCUT2D eigenvalue weighted by molar-refractivity contribution is 0.229. The Kier molecular flexibility index (Phi) is 5.39. The van der Waals surface area contributed by atoms with Crippen LogP contribution in [0, 0.1) is 0 Å². The molecule has 0 bridgehead atoms. The second kappa shape index (κ2) is 7.80. The number of halogens is 1. The number of H-pyrrole nitrogens is 1. The van der Waals surface area contributed by atoms with E-state index in [1.165, 1.54) is 0 Å². The Morgan fingerprint density at radius 3 is 2.36 bits per heavy atom. The van der Waals surface area contributed by atoms with Crippen LogP contribution >= 0.6 is 23.5 Å². The quantitative estimate of drug-likeness (QED) is 0.358. The van der Waals surface area contributed by atoms with Crippen LogP contribution in [0.3, 0.4) is 0 Å². The molecule has 0 radical (unpaired) electrons. The van der Waals surface area contributed by atoms with Gasteiger partial charge in [-0.05, 0) is 38.1 Å². The zero-order chi connectivity index (χ0) is 19.7. The molecule has 0 aliphatic heterocycles. The molecule has 0 amide bonds. The fourth-order valence-corrected chi connectivity index (χ4v) is 5.09. The van der Waals surface area contributed by atoms with Crippen LogP contribution in [0.25, 0.3) is 33.1 Å². The molecule has 28 heavy (non-hydrogen) atoms. The van der Waals surface area contributed by atoms with E-state index >= 15 is 0 Å². The number of aromatic nitrogens is 2. The number of pyridine rings is 1. The van der Waals surface area contributed by atoms with Crippen molar-refractivity contribution < 1.29 is 13.6 Å². The summed E-state index contributed by atoms with van der Waals surface area (Å²) in [7, 11) is -3.52. The summed E-state index contributed by atoms with van der Waals surface area (Å²) in [4.78, 5) is 8.20. The molecule has 0 fully saturated rings. The van der Waals surface area contributed by atoms with E-state index in [-0.39, 0.29) is 13.2 Å². The van der Waals surface area contributed by atoms with Gasteiger partial charge in [0.15, 0.2) is 5.44 Å². The van der Waals surface area contributed by atoms with Crippen molar-refractivity contribution in [1.82, 2.24) is 9.97 Å². The van der Waals surface area contributed by atoms with Gasteiger partial charge in [-0.15, -0.1) is 0 Å². The highest BCUT2D eigenvalue weighted by molar-refractivity contribution is 9.10. The van der Waals surface area contributed by atoms with E-state index in [1.54, 1.807) is 13.8 Å². The molecule has 5 nitrogen and oxygen atoms in total. The average molecular weight is 459 g/mol. The Labute approximate surface area is 171 Å². The molecule has 2 heterocycles. The lowest BCUT2D eigenvalue weighted by Crippen LogP contribution is -2.15. The summed E-state index contributed by atoms with van der Waals surface area (Å²) in [5, 5.41) is 1.98. The molecular weight excluding hydrogens is 439 g/mol. The molecular formula is C21H20BrN2O3P. The molecule has 0 saturated carbocycles. The smallest absolute Gasteiger partial charge is 0.353 e. The van der Waals surface area contributed by atoms with E-state index in [2.05, 4.69) is 20.9 Å². The molecule has 1 N–H and O–H groups in total. The van der Waals surface area contributed by atoms with E-state index in [9.17, 15) is 4.57 Å². The topological polar surface area (TPSA) is 64.2 Å². The number of aromatic amines is 1.